The van der Waals surface area contributed by atoms with Gasteiger partial charge in [-0.25, -0.2) is 4.98 Å². The molecule has 8 heteroatoms. The Morgan fingerprint density at radius 2 is 2.11 bits per heavy atom. The van der Waals surface area contributed by atoms with E-state index in [1.54, 1.807) is 13.3 Å². The second-order valence-corrected chi connectivity index (χ2v) is 6.83. The number of morpholine rings is 1. The van der Waals surface area contributed by atoms with E-state index < -0.39 is 0 Å². The second kappa shape index (κ2) is 7.03. The predicted octanol–water partition coefficient (Wildman–Crippen LogP) is 2.49. The number of methoxy groups -OCH3 is 1. The summed E-state index contributed by atoms with van der Waals surface area (Å²) in [5, 5.41) is 8.29. The fraction of sp³-hybridized carbons (Fsp3) is 0.421. The van der Waals surface area contributed by atoms with Gasteiger partial charge in [0.25, 0.3) is 5.91 Å². The van der Waals surface area contributed by atoms with Crippen molar-refractivity contribution in [2.24, 2.45) is 0 Å². The van der Waals surface area contributed by atoms with Crippen LogP contribution in [0.2, 0.25) is 0 Å². The van der Waals surface area contributed by atoms with Crippen LogP contribution < -0.4 is 4.74 Å². The predicted molar refractivity (Wildman–Crippen MR) is 101 cm³/mol. The Bertz CT molecular complexity index is 969. The topological polar surface area (TPSA) is 85.3 Å². The number of rotatable bonds is 4. The molecule has 1 amide bonds. The summed E-state index contributed by atoms with van der Waals surface area (Å²) >= 11 is 0. The number of nitrogens with one attached hydrogen (secondary N) is 1. The van der Waals surface area contributed by atoms with E-state index >= 15 is 0 Å². The first kappa shape index (κ1) is 17.5. The van der Waals surface area contributed by atoms with Crippen molar-refractivity contribution in [3.8, 4) is 17.1 Å². The molecule has 0 spiro atoms. The number of fused-ring (bicyclic) bond motifs is 1. The Morgan fingerprint density at radius 1 is 1.33 bits per heavy atom. The first-order chi connectivity index (χ1) is 13.1. The van der Waals surface area contributed by atoms with Gasteiger partial charge < -0.3 is 18.9 Å². The van der Waals surface area contributed by atoms with Gasteiger partial charge in [-0.2, -0.15) is 5.10 Å². The number of pyridine rings is 1. The molecule has 3 aromatic heterocycles. The highest BCUT2D eigenvalue weighted by Crippen LogP contribution is 2.33. The van der Waals surface area contributed by atoms with Crippen molar-refractivity contribution in [3.05, 3.63) is 30.2 Å². The maximum absolute atomic E-state index is 13.1. The van der Waals surface area contributed by atoms with E-state index in [-0.39, 0.29) is 11.9 Å². The number of ether oxygens (including phenoxy) is 2. The van der Waals surface area contributed by atoms with Gasteiger partial charge in [0.2, 0.25) is 5.88 Å². The van der Waals surface area contributed by atoms with Crippen molar-refractivity contribution in [3.63, 3.8) is 0 Å². The van der Waals surface area contributed by atoms with Crippen molar-refractivity contribution in [1.82, 2.24) is 24.6 Å². The highest BCUT2D eigenvalue weighted by atomic mass is 16.5. The number of carbonyl (C=O) groups is 1. The maximum atomic E-state index is 13.1. The van der Waals surface area contributed by atoms with Crippen LogP contribution in [0.4, 0.5) is 0 Å². The molecule has 1 aliphatic rings. The van der Waals surface area contributed by atoms with Gasteiger partial charge in [0.05, 0.1) is 31.2 Å². The number of H-pyrrole nitrogens is 1. The smallest absolute Gasteiger partial charge is 0.270 e. The Morgan fingerprint density at radius 3 is 2.81 bits per heavy atom. The van der Waals surface area contributed by atoms with Crippen LogP contribution in [0.5, 0.6) is 5.88 Å². The molecular formula is C19H23N5O3. The number of aromatic nitrogens is 4. The molecule has 0 aromatic carbocycles. The van der Waals surface area contributed by atoms with Gasteiger partial charge in [-0.3, -0.25) is 9.89 Å². The third kappa shape index (κ3) is 3.06. The SMILES string of the molecule is COc1nccc2[nH]nc(-c3cc(C(=O)N4CCOCC4)n(C(C)C)c3)c12. The van der Waals surface area contributed by atoms with E-state index in [1.807, 2.05) is 27.8 Å². The van der Waals surface area contributed by atoms with Crippen molar-refractivity contribution < 1.29 is 14.3 Å². The van der Waals surface area contributed by atoms with Gasteiger partial charge in [0, 0.05) is 37.1 Å². The summed E-state index contributed by atoms with van der Waals surface area (Å²) in [4.78, 5) is 19.2. The normalized spacial score (nSPS) is 14.9. The molecule has 1 N–H and O–H groups in total. The molecule has 0 unspecified atom stereocenters. The largest absolute Gasteiger partial charge is 0.480 e. The fourth-order valence-corrected chi connectivity index (χ4v) is 3.44. The van der Waals surface area contributed by atoms with E-state index in [4.69, 9.17) is 9.47 Å². The van der Waals surface area contributed by atoms with Gasteiger partial charge in [-0.1, -0.05) is 0 Å². The lowest BCUT2D eigenvalue weighted by atomic mass is 10.1. The number of hydrogen-bond donors (Lipinski definition) is 1. The summed E-state index contributed by atoms with van der Waals surface area (Å²) in [5.41, 5.74) is 3.08. The van der Waals surface area contributed by atoms with Gasteiger partial charge in [-0.05, 0) is 26.0 Å². The molecule has 3 aromatic rings. The lowest BCUT2D eigenvalue weighted by molar-refractivity contribution is 0.0295. The standard InChI is InChI=1S/C19H23N5O3/c1-12(2)24-11-13(10-15(24)19(25)23-6-8-27-9-7-23)17-16-14(21-22-17)4-5-20-18(16)26-3/h4-5,10-12H,6-9H2,1-3H3,(H,21,22). The minimum atomic E-state index is 0.0168. The molecule has 0 bridgehead atoms. The zero-order chi connectivity index (χ0) is 19.0. The number of carbonyl (C=O) groups excluding carboxylic acids is 1. The Hall–Kier alpha value is -2.87. The van der Waals surface area contributed by atoms with Crippen LogP contribution in [0.1, 0.15) is 30.4 Å². The van der Waals surface area contributed by atoms with Gasteiger partial charge in [-0.15, -0.1) is 0 Å². The molecule has 1 saturated heterocycles. The zero-order valence-electron chi connectivity index (χ0n) is 15.7. The third-order valence-corrected chi connectivity index (χ3v) is 4.83. The first-order valence-electron chi connectivity index (χ1n) is 9.06. The Kier molecular flexibility index (Phi) is 4.57. The molecule has 0 radical (unpaired) electrons. The van der Waals surface area contributed by atoms with Crippen LogP contribution in [-0.2, 0) is 4.74 Å². The molecule has 0 saturated carbocycles. The van der Waals surface area contributed by atoms with Gasteiger partial charge in [0.1, 0.15) is 11.4 Å². The molecule has 4 rings (SSSR count). The van der Waals surface area contributed by atoms with Crippen molar-refractivity contribution in [1.29, 1.82) is 0 Å². The monoisotopic (exact) mass is 369 g/mol. The van der Waals surface area contributed by atoms with Gasteiger partial charge in [0.15, 0.2) is 0 Å². The van der Waals surface area contributed by atoms with E-state index in [9.17, 15) is 4.79 Å². The van der Waals surface area contributed by atoms with Crippen LogP contribution in [0.15, 0.2) is 24.5 Å². The summed E-state index contributed by atoms with van der Waals surface area (Å²) in [7, 11) is 1.59. The molecule has 1 fully saturated rings. The molecule has 0 atom stereocenters. The third-order valence-electron chi connectivity index (χ3n) is 4.83. The number of nitrogens with zero attached hydrogens (tertiary/aromatic N) is 4. The zero-order valence-corrected chi connectivity index (χ0v) is 15.7. The van der Waals surface area contributed by atoms with Gasteiger partial charge >= 0.3 is 0 Å². The molecule has 1 aliphatic heterocycles. The number of amides is 1. The molecule has 142 valence electrons. The van der Waals surface area contributed by atoms with Crippen LogP contribution in [-0.4, -0.2) is 64.0 Å². The highest BCUT2D eigenvalue weighted by molar-refractivity contribution is 5.99. The summed E-state index contributed by atoms with van der Waals surface area (Å²) in [6.45, 7) is 6.50. The minimum absolute atomic E-state index is 0.0168. The van der Waals surface area contributed by atoms with Crippen molar-refractivity contribution in [2.75, 3.05) is 33.4 Å². The summed E-state index contributed by atoms with van der Waals surface area (Å²) < 4.78 is 12.8. The van der Waals surface area contributed by atoms with E-state index in [1.165, 1.54) is 0 Å². The number of hydrogen-bond acceptors (Lipinski definition) is 5. The van der Waals surface area contributed by atoms with E-state index in [0.29, 0.717) is 37.9 Å². The lowest BCUT2D eigenvalue weighted by Gasteiger charge is -2.27. The quantitative estimate of drug-likeness (QED) is 0.764. The maximum Gasteiger partial charge on any atom is 0.270 e. The van der Waals surface area contributed by atoms with Crippen LogP contribution in [0.3, 0.4) is 0 Å². The molecule has 8 nitrogen and oxygen atoms in total. The summed E-state index contributed by atoms with van der Waals surface area (Å²) in [5.74, 6) is 0.526. The molecule has 27 heavy (non-hydrogen) atoms. The summed E-state index contributed by atoms with van der Waals surface area (Å²) in [6, 6.07) is 3.90. The Labute approximate surface area is 157 Å². The second-order valence-electron chi connectivity index (χ2n) is 6.83. The highest BCUT2D eigenvalue weighted by Gasteiger charge is 2.25. The van der Waals surface area contributed by atoms with Crippen LogP contribution in [0, 0.1) is 0 Å². The number of aromatic amines is 1. The molecule has 0 aliphatic carbocycles. The Balaban J connectivity index is 1.80. The molecule has 4 heterocycles. The average Bonchev–Trinajstić information content (AvgIpc) is 3.32. The summed E-state index contributed by atoms with van der Waals surface area (Å²) in [6.07, 6.45) is 3.65. The van der Waals surface area contributed by atoms with Crippen LogP contribution in [0.25, 0.3) is 22.2 Å². The fourth-order valence-electron chi connectivity index (χ4n) is 3.44. The van der Waals surface area contributed by atoms with Crippen LogP contribution >= 0.6 is 0 Å². The van der Waals surface area contributed by atoms with Crippen molar-refractivity contribution >= 4 is 16.8 Å². The van der Waals surface area contributed by atoms with E-state index in [2.05, 4.69) is 29.0 Å². The minimum Gasteiger partial charge on any atom is -0.480 e. The van der Waals surface area contributed by atoms with E-state index in [0.717, 1.165) is 22.2 Å². The first-order valence-corrected chi connectivity index (χ1v) is 9.06. The molecular weight excluding hydrogens is 346 g/mol. The lowest BCUT2D eigenvalue weighted by Crippen LogP contribution is -2.41. The van der Waals surface area contributed by atoms with Crippen molar-refractivity contribution in [2.45, 2.75) is 19.9 Å². The average molecular weight is 369 g/mol.